The van der Waals surface area contributed by atoms with Crippen molar-refractivity contribution in [1.29, 1.82) is 0 Å². The number of nitrogens with one attached hydrogen (secondary N) is 1. The molecule has 7 heteroatoms. The Morgan fingerprint density at radius 3 is 2.74 bits per heavy atom. The van der Waals surface area contributed by atoms with Gasteiger partial charge in [0.05, 0.1) is 18.6 Å². The number of nitrogens with zero attached hydrogens (tertiary/aromatic N) is 3. The van der Waals surface area contributed by atoms with E-state index in [1.165, 1.54) is 10.9 Å². The fraction of sp³-hybridized carbons (Fsp3) is 0.188. The number of carbonyl (C=O) groups excluding carboxylic acids is 1. The summed E-state index contributed by atoms with van der Waals surface area (Å²) in [5.74, 6) is 0.395. The lowest BCUT2D eigenvalue weighted by Crippen LogP contribution is -2.28. The van der Waals surface area contributed by atoms with Crippen molar-refractivity contribution >= 4 is 5.91 Å². The maximum Gasteiger partial charge on any atom is 0.273 e. The number of aromatic nitrogens is 3. The summed E-state index contributed by atoms with van der Waals surface area (Å²) in [5, 5.41) is 20.2. The highest BCUT2D eigenvalue weighted by molar-refractivity contribution is 5.91. The van der Waals surface area contributed by atoms with Crippen LogP contribution in [0.3, 0.4) is 0 Å². The first kappa shape index (κ1) is 15.0. The Balaban J connectivity index is 1.60. The molecule has 2 N–H and O–H groups in total. The minimum absolute atomic E-state index is 0.0928. The average molecular weight is 312 g/mol. The van der Waals surface area contributed by atoms with Gasteiger partial charge in [-0.25, -0.2) is 0 Å². The van der Waals surface area contributed by atoms with E-state index in [0.29, 0.717) is 5.56 Å². The molecule has 23 heavy (non-hydrogen) atoms. The van der Waals surface area contributed by atoms with E-state index in [0.717, 1.165) is 11.3 Å². The first-order chi connectivity index (χ1) is 11.1. The number of carbonyl (C=O) groups is 1. The van der Waals surface area contributed by atoms with Crippen LogP contribution in [-0.2, 0) is 7.05 Å². The molecule has 2 heterocycles. The van der Waals surface area contributed by atoms with Crippen LogP contribution in [0.5, 0.6) is 0 Å². The van der Waals surface area contributed by atoms with Crippen molar-refractivity contribution in [2.45, 2.75) is 6.10 Å². The van der Waals surface area contributed by atoms with Gasteiger partial charge >= 0.3 is 0 Å². The Hall–Kier alpha value is -2.93. The van der Waals surface area contributed by atoms with Gasteiger partial charge in [0.15, 0.2) is 5.69 Å². The highest BCUT2D eigenvalue weighted by atomic mass is 16.3. The normalized spacial score (nSPS) is 12.1. The summed E-state index contributed by atoms with van der Waals surface area (Å²) in [6, 6.07) is 11.0. The van der Waals surface area contributed by atoms with Gasteiger partial charge in [-0.1, -0.05) is 29.5 Å². The van der Waals surface area contributed by atoms with Gasteiger partial charge in [-0.15, -0.1) is 5.10 Å². The van der Waals surface area contributed by atoms with Crippen LogP contribution in [0.1, 0.15) is 22.2 Å². The second-order valence-corrected chi connectivity index (χ2v) is 5.10. The molecule has 1 aromatic carbocycles. The van der Waals surface area contributed by atoms with Gasteiger partial charge in [0.25, 0.3) is 5.91 Å². The Morgan fingerprint density at radius 1 is 1.35 bits per heavy atom. The van der Waals surface area contributed by atoms with Crippen LogP contribution >= 0.6 is 0 Å². The van der Waals surface area contributed by atoms with Crippen molar-refractivity contribution in [3.8, 4) is 11.3 Å². The zero-order chi connectivity index (χ0) is 16.2. The highest BCUT2D eigenvalue weighted by Crippen LogP contribution is 2.22. The van der Waals surface area contributed by atoms with Crippen molar-refractivity contribution in [2.75, 3.05) is 6.54 Å². The molecule has 2 aromatic heterocycles. The largest absolute Gasteiger partial charge is 0.464 e. The standard InChI is InChI=1S/C16H16N4O3/c1-20-10-13(18-19-20)16(22)17-9-14(21)11-4-6-12(7-5-11)15-3-2-8-23-15/h2-8,10,14,21H,9H2,1H3,(H,17,22). The Kier molecular flexibility index (Phi) is 4.20. The molecular formula is C16H16N4O3. The quantitative estimate of drug-likeness (QED) is 0.745. The second kappa shape index (κ2) is 6.45. The summed E-state index contributed by atoms with van der Waals surface area (Å²) < 4.78 is 6.76. The highest BCUT2D eigenvalue weighted by Gasteiger charge is 2.13. The number of aliphatic hydroxyl groups is 1. The van der Waals surface area contributed by atoms with Gasteiger partial charge in [-0.2, -0.15) is 0 Å². The molecule has 0 radical (unpaired) electrons. The van der Waals surface area contributed by atoms with Crippen molar-refractivity contribution in [1.82, 2.24) is 20.3 Å². The lowest BCUT2D eigenvalue weighted by Gasteiger charge is -2.12. The van der Waals surface area contributed by atoms with Crippen LogP contribution in [0.2, 0.25) is 0 Å². The third-order valence-electron chi connectivity index (χ3n) is 3.39. The first-order valence-electron chi connectivity index (χ1n) is 7.10. The maximum atomic E-state index is 11.9. The number of furan rings is 1. The van der Waals surface area contributed by atoms with Crippen molar-refractivity contribution in [2.24, 2.45) is 7.05 Å². The lowest BCUT2D eigenvalue weighted by atomic mass is 10.1. The number of hydrogen-bond acceptors (Lipinski definition) is 5. The third-order valence-corrected chi connectivity index (χ3v) is 3.39. The number of aryl methyl sites for hydroxylation is 1. The molecular weight excluding hydrogens is 296 g/mol. The second-order valence-electron chi connectivity index (χ2n) is 5.10. The molecule has 3 rings (SSSR count). The number of rotatable bonds is 5. The zero-order valence-electron chi connectivity index (χ0n) is 12.5. The Morgan fingerprint density at radius 2 is 2.13 bits per heavy atom. The molecule has 118 valence electrons. The molecule has 0 aliphatic carbocycles. The maximum absolute atomic E-state index is 11.9. The van der Waals surface area contributed by atoms with Gasteiger partial charge in [-0.05, 0) is 17.7 Å². The third kappa shape index (κ3) is 3.46. The monoisotopic (exact) mass is 312 g/mol. The molecule has 7 nitrogen and oxygen atoms in total. The van der Waals surface area contributed by atoms with Crippen LogP contribution in [0.4, 0.5) is 0 Å². The predicted molar refractivity (Wildman–Crippen MR) is 82.4 cm³/mol. The van der Waals surface area contributed by atoms with E-state index in [2.05, 4.69) is 15.6 Å². The van der Waals surface area contributed by atoms with Crippen molar-refractivity contribution in [3.63, 3.8) is 0 Å². The van der Waals surface area contributed by atoms with Gasteiger partial charge in [0.1, 0.15) is 5.76 Å². The van der Waals surface area contributed by atoms with Gasteiger partial charge in [0.2, 0.25) is 0 Å². The van der Waals surface area contributed by atoms with E-state index < -0.39 is 6.10 Å². The number of hydrogen-bond donors (Lipinski definition) is 2. The predicted octanol–water partition coefficient (Wildman–Crippen LogP) is 1.54. The molecule has 0 bridgehead atoms. The molecule has 1 unspecified atom stereocenters. The minimum Gasteiger partial charge on any atom is -0.464 e. The van der Waals surface area contributed by atoms with Gasteiger partial charge in [0, 0.05) is 19.2 Å². The minimum atomic E-state index is -0.804. The van der Waals surface area contributed by atoms with Gasteiger partial charge < -0.3 is 14.8 Å². The van der Waals surface area contributed by atoms with E-state index in [1.807, 2.05) is 24.3 Å². The first-order valence-corrected chi connectivity index (χ1v) is 7.10. The van der Waals surface area contributed by atoms with Crippen LogP contribution in [-0.4, -0.2) is 32.6 Å². The summed E-state index contributed by atoms with van der Waals surface area (Å²) in [5.41, 5.74) is 1.85. The average Bonchev–Trinajstić information content (AvgIpc) is 3.24. The summed E-state index contributed by atoms with van der Waals surface area (Å²) in [6.07, 6.45) is 2.32. The fourth-order valence-electron chi connectivity index (χ4n) is 2.16. The Bertz CT molecular complexity index is 778. The number of amides is 1. The molecule has 0 fully saturated rings. The molecule has 0 aliphatic heterocycles. The van der Waals surface area contributed by atoms with Gasteiger partial charge in [-0.3, -0.25) is 9.48 Å². The summed E-state index contributed by atoms with van der Waals surface area (Å²) in [6.45, 7) is 0.0928. The molecule has 0 saturated heterocycles. The fourth-order valence-corrected chi connectivity index (χ4v) is 2.16. The SMILES string of the molecule is Cn1cc(C(=O)NCC(O)c2ccc(-c3ccco3)cc2)nn1. The molecule has 0 saturated carbocycles. The summed E-state index contributed by atoms with van der Waals surface area (Å²) in [4.78, 5) is 11.9. The van der Waals surface area contributed by atoms with E-state index in [1.54, 1.807) is 25.4 Å². The van der Waals surface area contributed by atoms with E-state index in [9.17, 15) is 9.90 Å². The molecule has 0 aliphatic rings. The smallest absolute Gasteiger partial charge is 0.273 e. The van der Waals surface area contributed by atoms with E-state index >= 15 is 0 Å². The van der Waals surface area contributed by atoms with E-state index in [4.69, 9.17) is 4.42 Å². The van der Waals surface area contributed by atoms with Crippen LogP contribution < -0.4 is 5.32 Å². The molecule has 3 aromatic rings. The van der Waals surface area contributed by atoms with E-state index in [-0.39, 0.29) is 18.1 Å². The van der Waals surface area contributed by atoms with Crippen molar-refractivity contribution in [3.05, 3.63) is 60.1 Å². The number of aliphatic hydroxyl groups excluding tert-OH is 1. The molecule has 1 amide bonds. The van der Waals surface area contributed by atoms with Crippen LogP contribution in [0.15, 0.2) is 53.3 Å². The Labute approximate surface area is 132 Å². The molecule has 1 atom stereocenters. The number of benzene rings is 1. The van der Waals surface area contributed by atoms with Crippen LogP contribution in [0.25, 0.3) is 11.3 Å². The summed E-state index contributed by atoms with van der Waals surface area (Å²) >= 11 is 0. The lowest BCUT2D eigenvalue weighted by molar-refractivity contribution is 0.0911. The van der Waals surface area contributed by atoms with Crippen molar-refractivity contribution < 1.29 is 14.3 Å². The topological polar surface area (TPSA) is 93.2 Å². The van der Waals surface area contributed by atoms with Crippen LogP contribution in [0, 0.1) is 0 Å². The molecule has 0 spiro atoms. The zero-order valence-corrected chi connectivity index (χ0v) is 12.5. The summed E-state index contributed by atoms with van der Waals surface area (Å²) in [7, 11) is 1.68.